The number of nitrogen functional groups attached to an aromatic ring is 1. The number of benzene rings is 1. The topological polar surface area (TPSA) is 84.2 Å². The van der Waals surface area contributed by atoms with Crippen molar-refractivity contribution in [2.45, 2.75) is 39.5 Å². The highest BCUT2D eigenvalue weighted by Gasteiger charge is 2.35. The van der Waals surface area contributed by atoms with Gasteiger partial charge in [-0.1, -0.05) is 38.3 Å². The SMILES string of the molecule is CCCCNC1=C(Cl)C(=O)c2c(NCCCC)ccc(N)c2C1=O. The van der Waals surface area contributed by atoms with Gasteiger partial charge >= 0.3 is 0 Å². The van der Waals surface area contributed by atoms with Crippen LogP contribution in [0.2, 0.25) is 0 Å². The molecule has 0 radical (unpaired) electrons. The van der Waals surface area contributed by atoms with E-state index in [1.807, 2.05) is 6.92 Å². The van der Waals surface area contributed by atoms with Gasteiger partial charge in [-0.25, -0.2) is 0 Å². The highest BCUT2D eigenvalue weighted by molar-refractivity contribution is 6.50. The number of carbonyl (C=O) groups excluding carboxylic acids is 2. The third-order valence-electron chi connectivity index (χ3n) is 4.02. The Labute approximate surface area is 147 Å². The van der Waals surface area contributed by atoms with Crippen molar-refractivity contribution >= 4 is 34.5 Å². The summed E-state index contributed by atoms with van der Waals surface area (Å²) in [5.74, 6) is -0.682. The molecule has 0 heterocycles. The van der Waals surface area contributed by atoms with Gasteiger partial charge < -0.3 is 16.4 Å². The van der Waals surface area contributed by atoms with E-state index in [9.17, 15) is 9.59 Å². The Bertz CT molecular complexity index is 683. The number of fused-ring (bicyclic) bond motifs is 1. The third-order valence-corrected chi connectivity index (χ3v) is 4.38. The zero-order valence-corrected chi connectivity index (χ0v) is 14.9. The van der Waals surface area contributed by atoms with Crippen LogP contribution in [0.25, 0.3) is 0 Å². The monoisotopic (exact) mass is 349 g/mol. The molecule has 0 aliphatic heterocycles. The molecule has 24 heavy (non-hydrogen) atoms. The minimum absolute atomic E-state index is 0.0623. The molecule has 0 atom stereocenters. The maximum atomic E-state index is 12.8. The maximum absolute atomic E-state index is 12.8. The van der Waals surface area contributed by atoms with E-state index in [1.54, 1.807) is 12.1 Å². The van der Waals surface area contributed by atoms with Crippen molar-refractivity contribution in [3.63, 3.8) is 0 Å². The molecule has 1 aromatic rings. The number of nitrogens with one attached hydrogen (secondary N) is 2. The quantitative estimate of drug-likeness (QED) is 0.492. The van der Waals surface area contributed by atoms with Crippen LogP contribution < -0.4 is 16.4 Å². The minimum atomic E-state index is -0.364. The van der Waals surface area contributed by atoms with E-state index in [4.69, 9.17) is 17.3 Å². The number of halogens is 1. The fourth-order valence-electron chi connectivity index (χ4n) is 2.64. The van der Waals surface area contributed by atoms with E-state index in [0.29, 0.717) is 17.9 Å². The first kappa shape index (κ1) is 18.3. The Morgan fingerprint density at radius 2 is 1.58 bits per heavy atom. The molecule has 0 fully saturated rings. The predicted octanol–water partition coefficient (Wildman–Crippen LogP) is 3.70. The highest BCUT2D eigenvalue weighted by atomic mass is 35.5. The number of nitrogens with two attached hydrogens (primary N) is 1. The van der Waals surface area contributed by atoms with E-state index < -0.39 is 0 Å². The number of ketones is 2. The Hall–Kier alpha value is -2.01. The van der Waals surface area contributed by atoms with Gasteiger partial charge in [0.15, 0.2) is 0 Å². The van der Waals surface area contributed by atoms with Gasteiger partial charge in [-0.2, -0.15) is 0 Å². The molecule has 0 bridgehead atoms. The molecular weight excluding hydrogens is 326 g/mol. The molecule has 1 aliphatic carbocycles. The van der Waals surface area contributed by atoms with Crippen molar-refractivity contribution in [2.24, 2.45) is 0 Å². The molecule has 0 unspecified atom stereocenters. The fraction of sp³-hybridized carbons (Fsp3) is 0.444. The van der Waals surface area contributed by atoms with Gasteiger partial charge in [-0.3, -0.25) is 9.59 Å². The molecule has 2 rings (SSSR count). The summed E-state index contributed by atoms with van der Waals surface area (Å²) in [6.45, 7) is 5.44. The molecule has 0 saturated heterocycles. The summed E-state index contributed by atoms with van der Waals surface area (Å²) in [4.78, 5) is 25.5. The van der Waals surface area contributed by atoms with Crippen LogP contribution in [0.4, 0.5) is 11.4 Å². The van der Waals surface area contributed by atoms with Crippen LogP contribution >= 0.6 is 11.6 Å². The van der Waals surface area contributed by atoms with E-state index in [1.165, 1.54) is 0 Å². The smallest absolute Gasteiger partial charge is 0.213 e. The molecular formula is C18H24ClN3O2. The van der Waals surface area contributed by atoms with Crippen LogP contribution in [0.1, 0.15) is 60.2 Å². The molecule has 6 heteroatoms. The Morgan fingerprint density at radius 1 is 0.958 bits per heavy atom. The number of anilines is 2. The summed E-state index contributed by atoms with van der Waals surface area (Å²) in [5.41, 5.74) is 7.56. The van der Waals surface area contributed by atoms with Crippen LogP contribution in [0.5, 0.6) is 0 Å². The van der Waals surface area contributed by atoms with Gasteiger partial charge in [0, 0.05) is 24.5 Å². The molecule has 1 aromatic carbocycles. The van der Waals surface area contributed by atoms with E-state index >= 15 is 0 Å². The summed E-state index contributed by atoms with van der Waals surface area (Å²) in [6.07, 6.45) is 3.86. The molecule has 4 N–H and O–H groups in total. The largest absolute Gasteiger partial charge is 0.398 e. The second-order valence-electron chi connectivity index (χ2n) is 5.86. The summed E-state index contributed by atoms with van der Waals surface area (Å²) in [7, 11) is 0. The summed E-state index contributed by atoms with van der Waals surface area (Å²) >= 11 is 6.20. The Morgan fingerprint density at radius 3 is 2.21 bits per heavy atom. The zero-order valence-electron chi connectivity index (χ0n) is 14.2. The molecule has 1 aliphatic rings. The molecule has 5 nitrogen and oxygen atoms in total. The lowest BCUT2D eigenvalue weighted by atomic mass is 9.89. The van der Waals surface area contributed by atoms with Crippen LogP contribution in [-0.2, 0) is 0 Å². The molecule has 0 saturated carbocycles. The molecule has 0 amide bonds. The number of rotatable bonds is 8. The number of carbonyl (C=O) groups is 2. The standard InChI is InChI=1S/C18H24ClN3O2/c1-3-5-9-21-12-8-7-11(20)13-14(12)17(23)15(19)16(18(13)24)22-10-6-4-2/h7-8,21-22H,3-6,9-10,20H2,1-2H3. The maximum Gasteiger partial charge on any atom is 0.213 e. The Balaban J connectivity index is 2.40. The molecule has 0 spiro atoms. The zero-order chi connectivity index (χ0) is 17.7. The fourth-order valence-corrected chi connectivity index (χ4v) is 2.89. The average molecular weight is 350 g/mol. The Kier molecular flexibility index (Phi) is 6.26. The summed E-state index contributed by atoms with van der Waals surface area (Å²) < 4.78 is 0. The van der Waals surface area contributed by atoms with Crippen molar-refractivity contribution in [3.05, 3.63) is 34.0 Å². The lowest BCUT2D eigenvalue weighted by Crippen LogP contribution is -2.31. The first-order valence-corrected chi connectivity index (χ1v) is 8.80. The first-order valence-electron chi connectivity index (χ1n) is 8.42. The number of hydrogen-bond acceptors (Lipinski definition) is 5. The van der Waals surface area contributed by atoms with Crippen molar-refractivity contribution < 1.29 is 9.59 Å². The van der Waals surface area contributed by atoms with E-state index in [2.05, 4.69) is 17.6 Å². The van der Waals surface area contributed by atoms with Gasteiger partial charge in [0.25, 0.3) is 0 Å². The second kappa shape index (κ2) is 8.20. The van der Waals surface area contributed by atoms with Crippen LogP contribution in [0.15, 0.2) is 22.9 Å². The second-order valence-corrected chi connectivity index (χ2v) is 6.24. The highest BCUT2D eigenvalue weighted by Crippen LogP contribution is 2.35. The lowest BCUT2D eigenvalue weighted by molar-refractivity contribution is 0.0976. The van der Waals surface area contributed by atoms with E-state index in [0.717, 1.165) is 32.2 Å². The van der Waals surface area contributed by atoms with Crippen LogP contribution in [0, 0.1) is 0 Å². The van der Waals surface area contributed by atoms with Crippen LogP contribution in [0.3, 0.4) is 0 Å². The minimum Gasteiger partial charge on any atom is -0.398 e. The van der Waals surface area contributed by atoms with Crippen molar-refractivity contribution in [1.82, 2.24) is 5.32 Å². The van der Waals surface area contributed by atoms with Gasteiger partial charge in [0.05, 0.1) is 11.1 Å². The van der Waals surface area contributed by atoms with Gasteiger partial charge in [-0.15, -0.1) is 0 Å². The van der Waals surface area contributed by atoms with Crippen molar-refractivity contribution in [2.75, 3.05) is 24.1 Å². The number of allylic oxidation sites excluding steroid dienone is 2. The number of Topliss-reactive ketones (excluding diaryl/α,β-unsaturated/α-hetero) is 2. The number of hydrogen-bond donors (Lipinski definition) is 3. The average Bonchev–Trinajstić information content (AvgIpc) is 2.57. The summed E-state index contributed by atoms with van der Waals surface area (Å²) in [6, 6.07) is 3.38. The predicted molar refractivity (Wildman–Crippen MR) is 98.7 cm³/mol. The molecule has 130 valence electrons. The van der Waals surface area contributed by atoms with Gasteiger partial charge in [0.1, 0.15) is 10.7 Å². The van der Waals surface area contributed by atoms with Gasteiger partial charge in [-0.05, 0) is 25.0 Å². The lowest BCUT2D eigenvalue weighted by Gasteiger charge is -2.23. The molecule has 0 aromatic heterocycles. The number of unbranched alkanes of at least 4 members (excludes halogenated alkanes) is 2. The first-order chi connectivity index (χ1) is 11.5. The van der Waals surface area contributed by atoms with Crippen LogP contribution in [-0.4, -0.2) is 24.7 Å². The summed E-state index contributed by atoms with van der Waals surface area (Å²) in [5, 5.41) is 6.14. The van der Waals surface area contributed by atoms with Gasteiger partial charge in [0.2, 0.25) is 11.6 Å². The van der Waals surface area contributed by atoms with Crippen molar-refractivity contribution in [1.29, 1.82) is 0 Å². The normalized spacial score (nSPS) is 14.0. The third kappa shape index (κ3) is 3.56. The van der Waals surface area contributed by atoms with E-state index in [-0.39, 0.29) is 33.4 Å². The van der Waals surface area contributed by atoms with Crippen molar-refractivity contribution in [3.8, 4) is 0 Å².